The first-order valence-electron chi connectivity index (χ1n) is 24.5. The maximum Gasteiger partial charge on any atom is 0.312 e. The lowest BCUT2D eigenvalue weighted by Crippen LogP contribution is -2.45. The van der Waals surface area contributed by atoms with E-state index in [1.807, 2.05) is 13.8 Å². The van der Waals surface area contributed by atoms with Crippen LogP contribution in [0.5, 0.6) is 23.0 Å². The predicted molar refractivity (Wildman–Crippen MR) is 271 cm³/mol. The maximum absolute atomic E-state index is 14.6. The number of benzene rings is 2. The van der Waals surface area contributed by atoms with Gasteiger partial charge in [-0.2, -0.15) is 5.10 Å². The number of ketones is 1. The van der Waals surface area contributed by atoms with Crippen LogP contribution in [-0.4, -0.2) is 147 Å². The van der Waals surface area contributed by atoms with Gasteiger partial charge in [0.2, 0.25) is 5.91 Å². The number of esters is 1. The van der Waals surface area contributed by atoms with Gasteiger partial charge in [-0.1, -0.05) is 59.4 Å². The average molecular weight is 1020 g/mol. The van der Waals surface area contributed by atoms with Gasteiger partial charge in [0.15, 0.2) is 5.75 Å². The Morgan fingerprint density at radius 1 is 0.932 bits per heavy atom. The van der Waals surface area contributed by atoms with E-state index in [9.17, 15) is 54.3 Å². The first-order chi connectivity index (χ1) is 34.5. The van der Waals surface area contributed by atoms with Gasteiger partial charge in [-0.25, -0.2) is 0 Å². The maximum atomic E-state index is 14.6. The molecule has 0 aromatic heterocycles. The molecule has 0 unspecified atom stereocenters. The Hall–Kier alpha value is -6.77. The number of hydrazone groups is 1. The molecule has 1 saturated heterocycles. The second kappa shape index (κ2) is 24.8. The third-order valence-corrected chi connectivity index (χ3v) is 14.1. The van der Waals surface area contributed by atoms with Crippen molar-refractivity contribution in [1.82, 2.24) is 15.2 Å². The number of carbonyl (C=O) groups excluding carboxylic acids is 6. The summed E-state index contributed by atoms with van der Waals surface area (Å²) < 4.78 is 23.7. The molecular formula is C53H71N5O15. The molecule has 4 heterocycles. The zero-order valence-electron chi connectivity index (χ0n) is 43.0. The number of anilines is 1. The van der Waals surface area contributed by atoms with E-state index in [0.717, 1.165) is 0 Å². The van der Waals surface area contributed by atoms with Gasteiger partial charge in [0, 0.05) is 93.7 Å². The molecule has 6 rings (SSSR count). The number of piperazine rings is 1. The van der Waals surface area contributed by atoms with Crippen LogP contribution in [0.2, 0.25) is 0 Å². The number of carbonyl (C=O) groups is 6. The number of aldehydes is 2. The van der Waals surface area contributed by atoms with E-state index in [-0.39, 0.29) is 56.8 Å². The van der Waals surface area contributed by atoms with Gasteiger partial charge >= 0.3 is 11.8 Å². The molecule has 0 spiro atoms. The van der Waals surface area contributed by atoms with Gasteiger partial charge in [-0.3, -0.25) is 29.1 Å². The van der Waals surface area contributed by atoms with Gasteiger partial charge in [0.05, 0.1) is 52.6 Å². The third kappa shape index (κ3) is 13.3. The molecular weight excluding hydrogens is 947 g/mol. The molecule has 4 aliphatic heterocycles. The quantitative estimate of drug-likeness (QED) is 0.0252. The van der Waals surface area contributed by atoms with Crippen LogP contribution in [0.4, 0.5) is 5.69 Å². The van der Waals surface area contributed by atoms with Crippen LogP contribution in [0.1, 0.15) is 96.1 Å². The molecule has 2 aromatic rings. The van der Waals surface area contributed by atoms with Crippen LogP contribution in [-0.2, 0) is 38.2 Å². The summed E-state index contributed by atoms with van der Waals surface area (Å²) in [7, 11) is 0. The van der Waals surface area contributed by atoms with Crippen molar-refractivity contribution in [1.29, 1.82) is 0 Å². The van der Waals surface area contributed by atoms with Gasteiger partial charge in [-0.05, 0) is 38.2 Å². The van der Waals surface area contributed by atoms with Crippen LogP contribution < -0.4 is 15.4 Å². The molecule has 0 radical (unpaired) electrons. The van der Waals surface area contributed by atoms with Crippen molar-refractivity contribution in [2.75, 3.05) is 44.6 Å². The molecule has 2 aromatic carbocycles. The minimum absolute atomic E-state index is 0.0373. The van der Waals surface area contributed by atoms with Crippen LogP contribution in [0, 0.1) is 36.5 Å². The van der Waals surface area contributed by atoms with Crippen molar-refractivity contribution in [3.05, 3.63) is 65.2 Å². The van der Waals surface area contributed by atoms with Crippen molar-refractivity contribution in [2.45, 2.75) is 112 Å². The summed E-state index contributed by atoms with van der Waals surface area (Å²) in [5.41, 5.74) is -0.528. The Bertz CT molecular complexity index is 2540. The second-order valence-electron chi connectivity index (χ2n) is 19.4. The summed E-state index contributed by atoms with van der Waals surface area (Å²) in [6.07, 6.45) is 7.51. The molecule has 7 N–H and O–H groups in total. The fourth-order valence-corrected chi connectivity index (χ4v) is 9.15. The molecule has 73 heavy (non-hydrogen) atoms. The highest BCUT2D eigenvalue weighted by Crippen LogP contribution is 2.55. The summed E-state index contributed by atoms with van der Waals surface area (Å²) in [6, 6.07) is -1.17. The molecule has 20 nitrogen and oxygen atoms in total. The van der Waals surface area contributed by atoms with Crippen molar-refractivity contribution >= 4 is 58.8 Å². The van der Waals surface area contributed by atoms with Crippen LogP contribution in [0.3, 0.4) is 0 Å². The molecule has 20 heteroatoms. The number of nitrogens with one attached hydrogen (secondary N) is 2. The molecule has 1 fully saturated rings. The van der Waals surface area contributed by atoms with Crippen molar-refractivity contribution < 1.29 is 73.2 Å². The van der Waals surface area contributed by atoms with E-state index in [2.05, 4.69) is 27.2 Å². The Morgan fingerprint density at radius 2 is 1.60 bits per heavy atom. The third-order valence-electron chi connectivity index (χ3n) is 14.1. The molecule has 2 amide bonds. The fourth-order valence-electron chi connectivity index (χ4n) is 9.15. The first-order valence-corrected chi connectivity index (χ1v) is 24.5. The lowest BCUT2D eigenvalue weighted by atomic mass is 9.77. The number of allylic oxidation sites excluding steroid dienone is 4. The number of nitrogens with zero attached hydrogens (tertiary/aromatic N) is 3. The molecule has 4 aliphatic rings. The number of hydrogen-bond acceptors (Lipinski definition) is 18. The monoisotopic (exact) mass is 1020 g/mol. The molecule has 0 saturated carbocycles. The van der Waals surface area contributed by atoms with Gasteiger partial charge in [0.1, 0.15) is 48.6 Å². The first kappa shape index (κ1) is 57.1. The summed E-state index contributed by atoms with van der Waals surface area (Å²) in [6.45, 7) is 21.2. The average Bonchev–Trinajstić information content (AvgIpc) is 3.62. The Kier molecular flexibility index (Phi) is 19.4. The second-order valence-corrected chi connectivity index (χ2v) is 19.4. The highest BCUT2D eigenvalue weighted by Gasteiger charge is 2.50. The standard InChI is InChI=1S/C53H71N5O15/c1-28-17-23-71-53(10)51(68)42-40-41(46(65)35(8)50(42)73-53)48(67)43(56-52(69)30(3)14-11-13-29(2)44(63)33(6)45(64)34(7)49(32(28)5)72-36(9)61)38(47(40)66)25-54-58-20-18-57(19-21-58)22-24-70-31(4)15-12-16-39(62)55-37(26-59)27-60/h11,13-14,17,23,25-29,32-34,37,44-45,49,63-67H,4,12,15-16,18-22,24H2,1-3,5-10H3,(H,55,62)(H,56,69)/b13-11+,23-17+,30-14-,54-25-/t28-,29-,32+,33+,34+,44-,45+,49+,53-/m0/s1. The largest absolute Gasteiger partial charge is 0.507 e. The molecule has 0 aliphatic carbocycles. The predicted octanol–water partition coefficient (Wildman–Crippen LogP) is 4.91. The number of phenols is 3. The summed E-state index contributed by atoms with van der Waals surface area (Å²) in [5, 5.41) is 69.7. The number of rotatable bonds is 14. The van der Waals surface area contributed by atoms with Crippen LogP contribution in [0.15, 0.2) is 53.6 Å². The number of aliphatic hydroxyl groups excluding tert-OH is 2. The minimum Gasteiger partial charge on any atom is -0.507 e. The summed E-state index contributed by atoms with van der Waals surface area (Å²) in [5.74, 6) is -8.61. The zero-order chi connectivity index (χ0) is 54.1. The number of phenolic OH excluding ortho intramolecular Hbond substituents is 3. The summed E-state index contributed by atoms with van der Waals surface area (Å²) in [4.78, 5) is 76.6. The minimum atomic E-state index is -2.04. The summed E-state index contributed by atoms with van der Waals surface area (Å²) >= 11 is 0. The Morgan fingerprint density at radius 3 is 2.25 bits per heavy atom. The number of fused-ring (bicyclic) bond motifs is 14. The van der Waals surface area contributed by atoms with E-state index in [1.165, 1.54) is 46.2 Å². The zero-order valence-corrected chi connectivity index (χ0v) is 43.0. The normalized spacial score (nSPS) is 27.9. The lowest BCUT2D eigenvalue weighted by molar-refractivity contribution is -0.158. The number of ether oxygens (including phenoxy) is 4. The van der Waals surface area contributed by atoms with Crippen LogP contribution >= 0.6 is 0 Å². The number of aliphatic hydroxyl groups is 2. The lowest BCUT2D eigenvalue weighted by Gasteiger charge is -2.37. The number of amides is 2. The highest BCUT2D eigenvalue weighted by molar-refractivity contribution is 6.24. The van der Waals surface area contributed by atoms with E-state index >= 15 is 0 Å². The molecule has 9 atom stereocenters. The van der Waals surface area contributed by atoms with E-state index in [0.29, 0.717) is 70.5 Å². The Labute approximate surface area is 425 Å². The van der Waals surface area contributed by atoms with Crippen LogP contribution in [0.25, 0.3) is 10.8 Å². The van der Waals surface area contributed by atoms with Crippen molar-refractivity contribution in [3.63, 3.8) is 0 Å². The SMILES string of the molecule is C=C(CCCC(=O)NC(C=O)C=O)OCCN1CCN(/N=C\c2c3c(O)c4c(O)c(C)c5c(c4c2O)C(=O)[C@@](C)(O/C=C/[C@H](C)[C@@H](C)[C@@H](OC(C)=O)[C@H](C)[C@H](O)[C@H](C)[C@@H](O)[C@@H](C)/C=C/C=C(/C)C(=O)N3)O5)CC1. The smallest absolute Gasteiger partial charge is 0.312 e. The van der Waals surface area contributed by atoms with E-state index in [1.54, 1.807) is 44.0 Å². The van der Waals surface area contributed by atoms with Gasteiger partial charge < -0.3 is 64.7 Å². The van der Waals surface area contributed by atoms with Crippen molar-refractivity contribution in [3.8, 4) is 23.0 Å². The highest BCUT2D eigenvalue weighted by atomic mass is 16.7. The molecule has 5 bridgehead atoms. The topological polar surface area (TPSA) is 283 Å². The number of Topliss-reactive ketones (excluding diaryl/α,β-unsaturated/α-hetero) is 1. The van der Waals surface area contributed by atoms with E-state index in [4.69, 9.17) is 18.9 Å². The van der Waals surface area contributed by atoms with Crippen molar-refractivity contribution in [2.24, 2.45) is 34.7 Å². The number of hydrogen-bond donors (Lipinski definition) is 7. The molecule has 398 valence electrons. The Balaban J connectivity index is 1.46. The van der Waals surface area contributed by atoms with E-state index < -0.39 is 94.6 Å². The number of aromatic hydroxyl groups is 3. The van der Waals surface area contributed by atoms with Gasteiger partial charge in [0.25, 0.3) is 11.7 Å². The fraction of sp³-hybridized carbons (Fsp3) is 0.528. The van der Waals surface area contributed by atoms with Gasteiger partial charge in [-0.15, -0.1) is 0 Å².